The van der Waals surface area contributed by atoms with Gasteiger partial charge in [0.15, 0.2) is 0 Å². The number of carbonyl (C=O) groups excluding carboxylic acids is 2. The molecule has 117 valence electrons. The summed E-state index contributed by atoms with van der Waals surface area (Å²) < 4.78 is 0. The van der Waals surface area contributed by atoms with Crippen LogP contribution in [-0.2, 0) is 19.4 Å². The number of fused-ring (bicyclic) bond motifs is 1. The van der Waals surface area contributed by atoms with E-state index in [1.54, 1.807) is 4.90 Å². The molecular weight excluding hydrogens is 292 g/mol. The molecule has 23 heavy (non-hydrogen) atoms. The molecule has 1 radical (unpaired) electrons. The molecule has 2 aromatic rings. The summed E-state index contributed by atoms with van der Waals surface area (Å²) in [4.78, 5) is 33.5. The van der Waals surface area contributed by atoms with E-state index in [4.69, 9.17) is 5.73 Å². The van der Waals surface area contributed by atoms with Crippen molar-refractivity contribution in [2.24, 2.45) is 5.73 Å². The van der Waals surface area contributed by atoms with Gasteiger partial charge < -0.3 is 10.6 Å². The maximum Gasteiger partial charge on any atom is 0.286 e. The molecule has 6 nitrogen and oxygen atoms in total. The number of nitrogens with two attached hydrogens (primary N) is 1. The number of carbonyl (C=O) groups is 2. The van der Waals surface area contributed by atoms with Gasteiger partial charge in [0.2, 0.25) is 5.82 Å². The molecule has 0 saturated heterocycles. The fourth-order valence-corrected chi connectivity index (χ4v) is 2.59. The van der Waals surface area contributed by atoms with E-state index in [0.29, 0.717) is 30.8 Å². The lowest BCUT2D eigenvalue weighted by atomic mass is 10.0. The largest absolute Gasteiger partial charge is 0.363 e. The van der Waals surface area contributed by atoms with Gasteiger partial charge in [-0.05, 0) is 30.5 Å². The molecule has 6 heteroatoms. The number of benzene rings is 1. The van der Waals surface area contributed by atoms with Crippen LogP contribution in [0.25, 0.3) is 0 Å². The lowest BCUT2D eigenvalue weighted by Gasteiger charge is -2.28. The number of rotatable bonds is 3. The molecule has 0 bridgehead atoms. The third-order valence-corrected chi connectivity index (χ3v) is 3.98. The van der Waals surface area contributed by atoms with Crippen LogP contribution in [0.15, 0.2) is 24.3 Å². The second-order valence-electron chi connectivity index (χ2n) is 5.48. The molecule has 1 aromatic heterocycles. The van der Waals surface area contributed by atoms with Crippen molar-refractivity contribution >= 4 is 11.8 Å². The SMILES string of the molecule is CCc1ccc(C(=O)N2CCc3[c]nc(C(N)=O)nc3C2)cc1. The van der Waals surface area contributed by atoms with Crippen molar-refractivity contribution in [1.29, 1.82) is 0 Å². The van der Waals surface area contributed by atoms with E-state index in [-0.39, 0.29) is 11.7 Å². The Balaban J connectivity index is 1.81. The molecule has 2 N–H and O–H groups in total. The third kappa shape index (κ3) is 3.06. The number of hydrogen-bond donors (Lipinski definition) is 1. The van der Waals surface area contributed by atoms with Gasteiger partial charge in [0.05, 0.1) is 18.4 Å². The topological polar surface area (TPSA) is 89.2 Å². The Morgan fingerprint density at radius 1 is 1.30 bits per heavy atom. The quantitative estimate of drug-likeness (QED) is 0.920. The molecule has 1 aromatic carbocycles. The molecule has 1 aliphatic rings. The summed E-state index contributed by atoms with van der Waals surface area (Å²) in [5.41, 5.74) is 8.51. The number of primary amides is 1. The first-order valence-electron chi connectivity index (χ1n) is 7.54. The molecule has 0 saturated carbocycles. The molecule has 0 atom stereocenters. The van der Waals surface area contributed by atoms with Gasteiger partial charge in [0.1, 0.15) is 0 Å². The standard InChI is InChI=1S/C17H17N4O2/c1-2-11-3-5-12(6-4-11)17(23)21-8-7-13-9-19-16(15(18)22)20-14(13)10-21/h3-6H,2,7-8,10H2,1H3,(H2,18,22). The highest BCUT2D eigenvalue weighted by atomic mass is 16.2. The Kier molecular flexibility index (Phi) is 4.06. The minimum Gasteiger partial charge on any atom is -0.363 e. The molecule has 0 spiro atoms. The highest BCUT2D eigenvalue weighted by molar-refractivity contribution is 5.94. The molecule has 0 unspecified atom stereocenters. The van der Waals surface area contributed by atoms with E-state index in [2.05, 4.69) is 23.1 Å². The maximum absolute atomic E-state index is 12.6. The van der Waals surface area contributed by atoms with Crippen molar-refractivity contribution < 1.29 is 9.59 Å². The second kappa shape index (κ2) is 6.16. The van der Waals surface area contributed by atoms with Gasteiger partial charge in [-0.15, -0.1) is 0 Å². The average Bonchev–Trinajstić information content (AvgIpc) is 2.60. The minimum atomic E-state index is -0.692. The summed E-state index contributed by atoms with van der Waals surface area (Å²) in [7, 11) is 0. The van der Waals surface area contributed by atoms with E-state index >= 15 is 0 Å². The highest BCUT2D eigenvalue weighted by Crippen LogP contribution is 2.18. The summed E-state index contributed by atoms with van der Waals surface area (Å²) in [6.07, 6.45) is 4.36. The van der Waals surface area contributed by atoms with E-state index < -0.39 is 5.91 Å². The summed E-state index contributed by atoms with van der Waals surface area (Å²) in [6, 6.07) is 7.62. The van der Waals surface area contributed by atoms with Crippen LogP contribution in [0.4, 0.5) is 0 Å². The number of amides is 2. The van der Waals surface area contributed by atoms with Crippen molar-refractivity contribution in [3.8, 4) is 0 Å². The maximum atomic E-state index is 12.6. The van der Waals surface area contributed by atoms with Crippen molar-refractivity contribution in [2.75, 3.05) is 6.54 Å². The lowest BCUT2D eigenvalue weighted by molar-refractivity contribution is 0.0731. The molecule has 1 aliphatic heterocycles. The smallest absolute Gasteiger partial charge is 0.286 e. The minimum absolute atomic E-state index is 0.0439. The predicted molar refractivity (Wildman–Crippen MR) is 83.7 cm³/mol. The molecule has 3 rings (SSSR count). The van der Waals surface area contributed by atoms with Crippen LogP contribution in [-0.4, -0.2) is 33.2 Å². The molecule has 2 amide bonds. The van der Waals surface area contributed by atoms with Gasteiger partial charge in [0.25, 0.3) is 11.8 Å². The fourth-order valence-electron chi connectivity index (χ4n) is 2.59. The first-order valence-corrected chi connectivity index (χ1v) is 7.54. The van der Waals surface area contributed by atoms with Gasteiger partial charge >= 0.3 is 0 Å². The van der Waals surface area contributed by atoms with Crippen molar-refractivity contribution in [1.82, 2.24) is 14.9 Å². The van der Waals surface area contributed by atoms with Gasteiger partial charge in [0, 0.05) is 17.7 Å². The molecule has 0 aliphatic carbocycles. The normalized spacial score (nSPS) is 13.5. The summed E-state index contributed by atoms with van der Waals surface area (Å²) >= 11 is 0. The first kappa shape index (κ1) is 15.1. The van der Waals surface area contributed by atoms with Crippen molar-refractivity contribution in [2.45, 2.75) is 26.3 Å². The Morgan fingerprint density at radius 3 is 2.70 bits per heavy atom. The predicted octanol–water partition coefficient (Wildman–Crippen LogP) is 1.14. The number of aromatic nitrogens is 2. The zero-order chi connectivity index (χ0) is 16.4. The van der Waals surface area contributed by atoms with Crippen LogP contribution < -0.4 is 5.73 Å². The van der Waals surface area contributed by atoms with E-state index in [0.717, 1.165) is 12.0 Å². The number of hydrogen-bond acceptors (Lipinski definition) is 4. The summed E-state index contributed by atoms with van der Waals surface area (Å²) in [5.74, 6) is -0.800. The Bertz CT molecular complexity index is 756. The van der Waals surface area contributed by atoms with Crippen LogP contribution >= 0.6 is 0 Å². The van der Waals surface area contributed by atoms with Crippen LogP contribution in [0, 0.1) is 6.20 Å². The van der Waals surface area contributed by atoms with Crippen LogP contribution in [0.1, 0.15) is 44.7 Å². The monoisotopic (exact) mass is 309 g/mol. The van der Waals surface area contributed by atoms with Gasteiger partial charge in [-0.2, -0.15) is 0 Å². The van der Waals surface area contributed by atoms with Gasteiger partial charge in [-0.25, -0.2) is 9.97 Å². The van der Waals surface area contributed by atoms with E-state index in [1.165, 1.54) is 5.56 Å². The zero-order valence-corrected chi connectivity index (χ0v) is 12.9. The fraction of sp³-hybridized carbons (Fsp3) is 0.294. The Hall–Kier alpha value is -2.76. The zero-order valence-electron chi connectivity index (χ0n) is 12.9. The van der Waals surface area contributed by atoms with Crippen LogP contribution in [0.5, 0.6) is 0 Å². The molecule has 2 heterocycles. The van der Waals surface area contributed by atoms with E-state index in [9.17, 15) is 9.59 Å². The number of nitrogens with zero attached hydrogens (tertiary/aromatic N) is 3. The number of aryl methyl sites for hydroxylation is 1. The second-order valence-corrected chi connectivity index (χ2v) is 5.48. The first-order chi connectivity index (χ1) is 11.1. The van der Waals surface area contributed by atoms with Crippen molar-refractivity contribution in [3.05, 3.63) is 58.7 Å². The van der Waals surface area contributed by atoms with Gasteiger partial charge in [-0.1, -0.05) is 19.1 Å². The summed E-state index contributed by atoms with van der Waals surface area (Å²) in [6.45, 7) is 2.99. The molecule has 0 fully saturated rings. The van der Waals surface area contributed by atoms with Crippen LogP contribution in [0.2, 0.25) is 0 Å². The lowest BCUT2D eigenvalue weighted by Crippen LogP contribution is -2.37. The van der Waals surface area contributed by atoms with Crippen LogP contribution in [0.3, 0.4) is 0 Å². The van der Waals surface area contributed by atoms with Crippen molar-refractivity contribution in [3.63, 3.8) is 0 Å². The molecular formula is C17H17N4O2. The summed E-state index contributed by atoms with van der Waals surface area (Å²) in [5, 5.41) is 0. The highest BCUT2D eigenvalue weighted by Gasteiger charge is 2.24. The van der Waals surface area contributed by atoms with E-state index in [1.807, 2.05) is 24.3 Å². The Morgan fingerprint density at radius 2 is 2.04 bits per heavy atom. The Labute approximate surface area is 134 Å². The van der Waals surface area contributed by atoms with Gasteiger partial charge in [-0.3, -0.25) is 9.59 Å². The average molecular weight is 309 g/mol. The third-order valence-electron chi connectivity index (χ3n) is 3.98.